The first-order valence-electron chi connectivity index (χ1n) is 5.74. The molecule has 0 radical (unpaired) electrons. The first-order valence-corrected chi connectivity index (χ1v) is 6.12. The van der Waals surface area contributed by atoms with Gasteiger partial charge in [0.2, 0.25) is 0 Å². The Morgan fingerprint density at radius 1 is 1.59 bits per heavy atom. The molecule has 0 bridgehead atoms. The standard InChI is InChI=1S/C13H15ClN2O/c1-9(11-4-5-17-8-11)16-13-6-12(14)3-2-10(13)7-15/h2-3,6,9,11,16H,4-5,8H2,1H3. The van der Waals surface area contributed by atoms with Crippen LogP contribution in [0.2, 0.25) is 5.02 Å². The number of anilines is 1. The van der Waals surface area contributed by atoms with Gasteiger partial charge in [-0.2, -0.15) is 5.26 Å². The van der Waals surface area contributed by atoms with E-state index in [4.69, 9.17) is 21.6 Å². The molecule has 1 aromatic carbocycles. The lowest BCUT2D eigenvalue weighted by Gasteiger charge is -2.21. The second-order valence-electron chi connectivity index (χ2n) is 4.36. The molecular weight excluding hydrogens is 236 g/mol. The minimum Gasteiger partial charge on any atom is -0.381 e. The summed E-state index contributed by atoms with van der Waals surface area (Å²) in [5.41, 5.74) is 1.43. The highest BCUT2D eigenvalue weighted by Gasteiger charge is 2.22. The van der Waals surface area contributed by atoms with Crippen LogP contribution in [0.1, 0.15) is 18.9 Å². The Morgan fingerprint density at radius 2 is 2.41 bits per heavy atom. The van der Waals surface area contributed by atoms with Crippen molar-refractivity contribution in [3.63, 3.8) is 0 Å². The van der Waals surface area contributed by atoms with Crippen molar-refractivity contribution in [3.05, 3.63) is 28.8 Å². The second kappa shape index (κ2) is 5.39. The molecule has 0 aliphatic carbocycles. The molecule has 1 heterocycles. The molecule has 1 N–H and O–H groups in total. The van der Waals surface area contributed by atoms with Crippen LogP contribution in [0, 0.1) is 17.2 Å². The summed E-state index contributed by atoms with van der Waals surface area (Å²) >= 11 is 5.94. The lowest BCUT2D eigenvalue weighted by molar-refractivity contribution is 0.183. The van der Waals surface area contributed by atoms with Gasteiger partial charge in [-0.1, -0.05) is 11.6 Å². The summed E-state index contributed by atoms with van der Waals surface area (Å²) < 4.78 is 5.37. The van der Waals surface area contributed by atoms with Crippen LogP contribution in [-0.4, -0.2) is 19.3 Å². The van der Waals surface area contributed by atoms with Crippen molar-refractivity contribution < 1.29 is 4.74 Å². The van der Waals surface area contributed by atoms with Crippen LogP contribution < -0.4 is 5.32 Å². The maximum atomic E-state index is 9.03. The SMILES string of the molecule is CC(Nc1cc(Cl)ccc1C#N)C1CCOC1. The number of nitrogens with zero attached hydrogens (tertiary/aromatic N) is 1. The van der Waals surface area contributed by atoms with Crippen LogP contribution in [-0.2, 0) is 4.74 Å². The Balaban J connectivity index is 2.11. The number of hydrogen-bond donors (Lipinski definition) is 1. The van der Waals surface area contributed by atoms with Crippen molar-refractivity contribution in [1.29, 1.82) is 5.26 Å². The summed E-state index contributed by atoms with van der Waals surface area (Å²) in [4.78, 5) is 0. The zero-order chi connectivity index (χ0) is 12.3. The molecule has 1 aliphatic heterocycles. The van der Waals surface area contributed by atoms with Gasteiger partial charge in [0.25, 0.3) is 0 Å². The third-order valence-corrected chi connectivity index (χ3v) is 3.39. The zero-order valence-electron chi connectivity index (χ0n) is 9.74. The van der Waals surface area contributed by atoms with Gasteiger partial charge in [0.05, 0.1) is 17.9 Å². The maximum Gasteiger partial charge on any atom is 0.101 e. The topological polar surface area (TPSA) is 45.0 Å². The van der Waals surface area contributed by atoms with Crippen LogP contribution in [0.3, 0.4) is 0 Å². The zero-order valence-corrected chi connectivity index (χ0v) is 10.5. The van der Waals surface area contributed by atoms with Crippen LogP contribution in [0.25, 0.3) is 0 Å². The molecular formula is C13H15ClN2O. The predicted molar refractivity (Wildman–Crippen MR) is 68.2 cm³/mol. The molecule has 1 aromatic rings. The summed E-state index contributed by atoms with van der Waals surface area (Å²) in [5.74, 6) is 0.500. The second-order valence-corrected chi connectivity index (χ2v) is 4.79. The number of nitrogens with one attached hydrogen (secondary N) is 1. The molecule has 1 fully saturated rings. The minimum atomic E-state index is 0.281. The first kappa shape index (κ1) is 12.2. The average molecular weight is 251 g/mol. The van der Waals surface area contributed by atoms with Crippen molar-refractivity contribution in [2.75, 3.05) is 18.5 Å². The Bertz CT molecular complexity index is 436. The highest BCUT2D eigenvalue weighted by atomic mass is 35.5. The van der Waals surface area contributed by atoms with Crippen molar-refractivity contribution in [2.45, 2.75) is 19.4 Å². The van der Waals surface area contributed by atoms with E-state index in [0.29, 0.717) is 16.5 Å². The highest BCUT2D eigenvalue weighted by molar-refractivity contribution is 6.30. The number of nitriles is 1. The van der Waals surface area contributed by atoms with E-state index in [2.05, 4.69) is 18.3 Å². The van der Waals surface area contributed by atoms with Gasteiger partial charge in [-0.25, -0.2) is 0 Å². The Hall–Kier alpha value is -1.24. The van der Waals surface area contributed by atoms with E-state index in [0.717, 1.165) is 25.3 Å². The van der Waals surface area contributed by atoms with Crippen molar-refractivity contribution in [2.24, 2.45) is 5.92 Å². The van der Waals surface area contributed by atoms with E-state index >= 15 is 0 Å². The summed E-state index contributed by atoms with van der Waals surface area (Å²) in [7, 11) is 0. The highest BCUT2D eigenvalue weighted by Crippen LogP contribution is 2.24. The van der Waals surface area contributed by atoms with Gasteiger partial charge in [-0.05, 0) is 31.5 Å². The smallest absolute Gasteiger partial charge is 0.101 e. The fourth-order valence-electron chi connectivity index (χ4n) is 2.04. The van der Waals surface area contributed by atoms with Crippen LogP contribution in [0.5, 0.6) is 0 Å². The van der Waals surface area contributed by atoms with Crippen molar-refractivity contribution in [3.8, 4) is 6.07 Å². The normalized spacial score (nSPS) is 20.9. The Kier molecular flexibility index (Phi) is 3.88. The third kappa shape index (κ3) is 2.91. The average Bonchev–Trinajstić information content (AvgIpc) is 2.83. The van der Waals surface area contributed by atoms with Gasteiger partial charge < -0.3 is 10.1 Å². The number of halogens is 1. The van der Waals surface area contributed by atoms with Crippen molar-refractivity contribution >= 4 is 17.3 Å². The molecule has 3 nitrogen and oxygen atoms in total. The minimum absolute atomic E-state index is 0.281. The number of ether oxygens (including phenoxy) is 1. The largest absolute Gasteiger partial charge is 0.381 e. The molecule has 2 rings (SSSR count). The number of hydrogen-bond acceptors (Lipinski definition) is 3. The molecule has 2 atom stereocenters. The van der Waals surface area contributed by atoms with E-state index in [1.807, 2.05) is 0 Å². The summed E-state index contributed by atoms with van der Waals surface area (Å²) in [6.45, 7) is 3.73. The van der Waals surface area contributed by atoms with E-state index < -0.39 is 0 Å². The Labute approximate surface area is 106 Å². The molecule has 4 heteroatoms. The molecule has 1 aliphatic rings. The fourth-order valence-corrected chi connectivity index (χ4v) is 2.22. The summed E-state index contributed by atoms with van der Waals surface area (Å²) in [6, 6.07) is 7.71. The van der Waals surface area contributed by atoms with Gasteiger partial charge in [-0.15, -0.1) is 0 Å². The number of rotatable bonds is 3. The molecule has 90 valence electrons. The molecule has 17 heavy (non-hydrogen) atoms. The van der Waals surface area contributed by atoms with E-state index in [9.17, 15) is 0 Å². The lowest BCUT2D eigenvalue weighted by Crippen LogP contribution is -2.26. The van der Waals surface area contributed by atoms with Gasteiger partial charge in [-0.3, -0.25) is 0 Å². The Morgan fingerprint density at radius 3 is 3.06 bits per heavy atom. The van der Waals surface area contributed by atoms with Crippen LogP contribution in [0.15, 0.2) is 18.2 Å². The van der Waals surface area contributed by atoms with Gasteiger partial charge in [0, 0.05) is 23.6 Å². The van der Waals surface area contributed by atoms with Gasteiger partial charge in [0.15, 0.2) is 0 Å². The molecule has 1 saturated heterocycles. The molecule has 0 amide bonds. The van der Waals surface area contributed by atoms with E-state index in [1.165, 1.54) is 0 Å². The first-order chi connectivity index (χ1) is 8.20. The van der Waals surface area contributed by atoms with Gasteiger partial charge >= 0.3 is 0 Å². The lowest BCUT2D eigenvalue weighted by atomic mass is 10.00. The molecule has 0 saturated carbocycles. The fraction of sp³-hybridized carbons (Fsp3) is 0.462. The summed E-state index contributed by atoms with van der Waals surface area (Å²) in [5, 5.41) is 13.0. The summed E-state index contributed by atoms with van der Waals surface area (Å²) in [6.07, 6.45) is 1.07. The maximum absolute atomic E-state index is 9.03. The van der Waals surface area contributed by atoms with Crippen LogP contribution >= 0.6 is 11.6 Å². The quantitative estimate of drug-likeness (QED) is 0.897. The van der Waals surface area contributed by atoms with Crippen LogP contribution in [0.4, 0.5) is 5.69 Å². The number of benzene rings is 1. The monoisotopic (exact) mass is 250 g/mol. The predicted octanol–water partition coefficient (Wildman–Crippen LogP) is 3.05. The van der Waals surface area contributed by atoms with E-state index in [-0.39, 0.29) is 6.04 Å². The van der Waals surface area contributed by atoms with E-state index in [1.54, 1.807) is 18.2 Å². The third-order valence-electron chi connectivity index (χ3n) is 3.16. The molecule has 0 spiro atoms. The molecule has 0 aromatic heterocycles. The van der Waals surface area contributed by atoms with Crippen molar-refractivity contribution in [1.82, 2.24) is 0 Å². The van der Waals surface area contributed by atoms with Gasteiger partial charge in [0.1, 0.15) is 6.07 Å². The molecule has 2 unspecified atom stereocenters.